The van der Waals surface area contributed by atoms with Crippen molar-refractivity contribution in [2.75, 3.05) is 0 Å². The van der Waals surface area contributed by atoms with Crippen LogP contribution in [0.4, 0.5) is 0 Å². The van der Waals surface area contributed by atoms with Crippen LogP contribution in [0.3, 0.4) is 0 Å². The van der Waals surface area contributed by atoms with Crippen LogP contribution in [0.1, 0.15) is 67.2 Å². The Morgan fingerprint density at radius 1 is 1.11 bits per heavy atom. The molecule has 3 atom stereocenters. The van der Waals surface area contributed by atoms with Gasteiger partial charge in [0.2, 0.25) is 0 Å². The van der Waals surface area contributed by atoms with Crippen LogP contribution >= 0.6 is 0 Å². The number of carbonyl (C=O) groups excluding carboxylic acids is 2. The van der Waals surface area contributed by atoms with Crippen molar-refractivity contribution >= 4 is 11.6 Å². The molecule has 0 aliphatic heterocycles. The molecule has 0 aliphatic carbocycles. The molecule has 0 aromatic carbocycles. The van der Waals surface area contributed by atoms with Crippen molar-refractivity contribution in [1.82, 2.24) is 0 Å². The Labute approximate surface area is 112 Å². The first-order valence-corrected chi connectivity index (χ1v) is 6.96. The Kier molecular flexibility index (Phi) is 6.21. The van der Waals surface area contributed by atoms with E-state index in [1.807, 2.05) is 34.6 Å². The fourth-order valence-corrected chi connectivity index (χ4v) is 2.68. The third-order valence-corrected chi connectivity index (χ3v) is 4.57. The zero-order valence-electron chi connectivity index (χ0n) is 12.8. The van der Waals surface area contributed by atoms with Crippen molar-refractivity contribution in [1.29, 1.82) is 0 Å². The molecular weight excluding hydrogens is 226 g/mol. The molecule has 0 rings (SSSR count). The minimum Gasteiger partial charge on any atom is -0.321 e. The van der Waals surface area contributed by atoms with Gasteiger partial charge >= 0.3 is 0 Å². The van der Waals surface area contributed by atoms with Gasteiger partial charge in [0.25, 0.3) is 0 Å². The third kappa shape index (κ3) is 3.64. The van der Waals surface area contributed by atoms with Crippen LogP contribution in [0.2, 0.25) is 0 Å². The fraction of sp³-hybridized carbons (Fsp3) is 0.867. The monoisotopic (exact) mass is 255 g/mol. The second-order valence-corrected chi connectivity index (χ2v) is 5.96. The van der Waals surface area contributed by atoms with Gasteiger partial charge in [-0.1, -0.05) is 34.6 Å². The maximum atomic E-state index is 12.1. The minimum absolute atomic E-state index is 0.00162. The number of rotatable bonds is 8. The molecule has 18 heavy (non-hydrogen) atoms. The molecule has 0 saturated heterocycles. The van der Waals surface area contributed by atoms with Crippen LogP contribution in [-0.2, 0) is 9.59 Å². The van der Waals surface area contributed by atoms with Crippen molar-refractivity contribution in [3.05, 3.63) is 0 Å². The summed E-state index contributed by atoms with van der Waals surface area (Å²) in [7, 11) is 0. The van der Waals surface area contributed by atoms with E-state index in [4.69, 9.17) is 5.73 Å². The van der Waals surface area contributed by atoms with Gasteiger partial charge < -0.3 is 5.73 Å². The van der Waals surface area contributed by atoms with Gasteiger partial charge in [0.05, 0.1) is 6.04 Å². The Morgan fingerprint density at radius 3 is 1.89 bits per heavy atom. The van der Waals surface area contributed by atoms with E-state index in [0.29, 0.717) is 12.8 Å². The van der Waals surface area contributed by atoms with Crippen LogP contribution in [0, 0.1) is 10.8 Å². The van der Waals surface area contributed by atoms with E-state index >= 15 is 0 Å². The predicted octanol–water partition coefficient (Wildman–Crippen LogP) is 3.10. The summed E-state index contributed by atoms with van der Waals surface area (Å²) < 4.78 is 0. The summed E-state index contributed by atoms with van der Waals surface area (Å²) >= 11 is 0. The second-order valence-electron chi connectivity index (χ2n) is 5.96. The highest BCUT2D eigenvalue weighted by Gasteiger charge is 2.42. The van der Waals surface area contributed by atoms with Gasteiger partial charge in [-0.2, -0.15) is 0 Å². The number of hydrogen-bond donors (Lipinski definition) is 1. The molecule has 0 bridgehead atoms. The van der Waals surface area contributed by atoms with Gasteiger partial charge in [-0.25, -0.2) is 0 Å². The molecule has 106 valence electrons. The minimum atomic E-state index is -0.488. The molecule has 0 heterocycles. The molecule has 0 aliphatic rings. The van der Waals surface area contributed by atoms with Crippen LogP contribution < -0.4 is 5.73 Å². The van der Waals surface area contributed by atoms with E-state index in [2.05, 4.69) is 0 Å². The highest BCUT2D eigenvalue weighted by atomic mass is 16.1. The highest BCUT2D eigenvalue weighted by molar-refractivity contribution is 5.85. The molecule has 0 fully saturated rings. The lowest BCUT2D eigenvalue weighted by Gasteiger charge is -2.40. The van der Waals surface area contributed by atoms with Gasteiger partial charge in [0.1, 0.15) is 11.6 Å². The molecule has 2 N–H and O–H groups in total. The lowest BCUT2D eigenvalue weighted by molar-refractivity contribution is -0.131. The van der Waals surface area contributed by atoms with E-state index in [1.165, 1.54) is 6.92 Å². The summed E-state index contributed by atoms with van der Waals surface area (Å²) in [5.41, 5.74) is 5.38. The normalized spacial score (nSPS) is 19.7. The summed E-state index contributed by atoms with van der Waals surface area (Å²) in [5, 5.41) is 0. The van der Waals surface area contributed by atoms with Crippen molar-refractivity contribution in [2.45, 2.75) is 73.3 Å². The molecule has 3 nitrogen and oxygen atoms in total. The molecule has 0 amide bonds. The molecule has 0 saturated carbocycles. The summed E-state index contributed by atoms with van der Waals surface area (Å²) in [6.45, 7) is 11.5. The molecule has 0 aromatic heterocycles. The van der Waals surface area contributed by atoms with Gasteiger partial charge in [-0.15, -0.1) is 0 Å². The van der Waals surface area contributed by atoms with Gasteiger partial charge in [-0.3, -0.25) is 9.59 Å². The standard InChI is InChI=1S/C15H29NO2/c1-7-12(18)14(5,8-2)10-15(6,9-3)13(16)11(4)17/h13H,7-10,16H2,1-6H3. The van der Waals surface area contributed by atoms with E-state index in [9.17, 15) is 9.59 Å². The van der Waals surface area contributed by atoms with E-state index in [-0.39, 0.29) is 22.4 Å². The van der Waals surface area contributed by atoms with Crippen LogP contribution in [-0.4, -0.2) is 17.6 Å². The molecule has 0 spiro atoms. The molecule has 0 aromatic rings. The average Bonchev–Trinajstić information content (AvgIpc) is 2.36. The Hall–Kier alpha value is -0.700. The highest BCUT2D eigenvalue weighted by Crippen LogP contribution is 2.42. The smallest absolute Gasteiger partial charge is 0.147 e. The van der Waals surface area contributed by atoms with Crippen LogP contribution in [0.25, 0.3) is 0 Å². The third-order valence-electron chi connectivity index (χ3n) is 4.57. The number of Topliss-reactive ketones (excluding diaryl/α,β-unsaturated/α-hetero) is 2. The van der Waals surface area contributed by atoms with Gasteiger partial charge in [-0.05, 0) is 31.6 Å². The first-order chi connectivity index (χ1) is 8.16. The summed E-state index contributed by atoms with van der Waals surface area (Å²) in [6.07, 6.45) is 2.82. The zero-order chi connectivity index (χ0) is 14.6. The van der Waals surface area contributed by atoms with Gasteiger partial charge in [0.15, 0.2) is 0 Å². The first-order valence-electron chi connectivity index (χ1n) is 6.96. The number of carbonyl (C=O) groups is 2. The summed E-state index contributed by atoms with van der Waals surface area (Å²) in [4.78, 5) is 23.7. The van der Waals surface area contributed by atoms with Crippen molar-refractivity contribution in [2.24, 2.45) is 16.6 Å². The Bertz CT molecular complexity index is 314. The van der Waals surface area contributed by atoms with Crippen molar-refractivity contribution in [3.8, 4) is 0 Å². The second kappa shape index (κ2) is 6.46. The number of nitrogens with two attached hydrogens (primary N) is 1. The molecule has 3 unspecified atom stereocenters. The molecular formula is C15H29NO2. The molecule has 3 heteroatoms. The first kappa shape index (κ1) is 17.3. The van der Waals surface area contributed by atoms with Gasteiger partial charge in [0, 0.05) is 11.8 Å². The lowest BCUT2D eigenvalue weighted by atomic mass is 9.64. The van der Waals surface area contributed by atoms with E-state index < -0.39 is 6.04 Å². The topological polar surface area (TPSA) is 60.2 Å². The van der Waals surface area contributed by atoms with Crippen molar-refractivity contribution < 1.29 is 9.59 Å². The number of hydrogen-bond acceptors (Lipinski definition) is 3. The van der Waals surface area contributed by atoms with Crippen LogP contribution in [0.5, 0.6) is 0 Å². The Morgan fingerprint density at radius 2 is 1.61 bits per heavy atom. The Balaban J connectivity index is 5.21. The van der Waals surface area contributed by atoms with Crippen LogP contribution in [0.15, 0.2) is 0 Å². The maximum Gasteiger partial charge on any atom is 0.147 e. The SMILES string of the molecule is CCC(=O)C(C)(CC)CC(C)(CC)C(N)C(C)=O. The summed E-state index contributed by atoms with van der Waals surface area (Å²) in [6, 6.07) is -0.488. The molecule has 0 radical (unpaired) electrons. The van der Waals surface area contributed by atoms with E-state index in [0.717, 1.165) is 12.8 Å². The average molecular weight is 255 g/mol. The maximum absolute atomic E-state index is 12.1. The van der Waals surface area contributed by atoms with E-state index in [1.54, 1.807) is 0 Å². The fourth-order valence-electron chi connectivity index (χ4n) is 2.68. The number of ketones is 2. The largest absolute Gasteiger partial charge is 0.321 e. The van der Waals surface area contributed by atoms with Crippen molar-refractivity contribution in [3.63, 3.8) is 0 Å². The zero-order valence-corrected chi connectivity index (χ0v) is 12.8. The predicted molar refractivity (Wildman–Crippen MR) is 75.4 cm³/mol. The summed E-state index contributed by atoms with van der Waals surface area (Å²) in [5.74, 6) is 0.266. The quantitative estimate of drug-likeness (QED) is 0.725. The lowest BCUT2D eigenvalue weighted by Crippen LogP contribution is -2.48.